The van der Waals surface area contributed by atoms with E-state index >= 15 is 0 Å². The molecule has 17 heavy (non-hydrogen) atoms. The van der Waals surface area contributed by atoms with Crippen molar-refractivity contribution in [2.24, 2.45) is 0 Å². The number of carbonyl (C=O) groups is 1. The standard InChI is InChI=1S/C13H16F2O2/c1-3-4-13(17-2)12(16)7-9-5-10(14)8-11(15)6-9/h5-6,8,13H,3-4,7H2,1-2H3. The maximum Gasteiger partial charge on any atom is 0.165 e. The maximum atomic E-state index is 12.9. The minimum atomic E-state index is -0.669. The molecule has 0 radical (unpaired) electrons. The van der Waals surface area contributed by atoms with Gasteiger partial charge in [0.2, 0.25) is 0 Å². The summed E-state index contributed by atoms with van der Waals surface area (Å²) < 4.78 is 30.9. The minimum absolute atomic E-state index is 0.00676. The first-order chi connectivity index (χ1) is 8.06. The van der Waals surface area contributed by atoms with E-state index in [-0.39, 0.29) is 12.2 Å². The van der Waals surface area contributed by atoms with Crippen molar-refractivity contribution < 1.29 is 18.3 Å². The Morgan fingerprint density at radius 1 is 1.29 bits per heavy atom. The Hall–Kier alpha value is -1.29. The van der Waals surface area contributed by atoms with E-state index < -0.39 is 17.7 Å². The zero-order valence-corrected chi connectivity index (χ0v) is 10.0. The molecule has 1 aromatic rings. The molecule has 1 unspecified atom stereocenters. The molecule has 0 fully saturated rings. The molecule has 2 nitrogen and oxygen atoms in total. The van der Waals surface area contributed by atoms with Gasteiger partial charge in [0.15, 0.2) is 5.78 Å². The Balaban J connectivity index is 2.72. The van der Waals surface area contributed by atoms with E-state index in [1.54, 1.807) is 0 Å². The van der Waals surface area contributed by atoms with Crippen LogP contribution in [-0.2, 0) is 16.0 Å². The van der Waals surface area contributed by atoms with Crippen molar-refractivity contribution in [3.63, 3.8) is 0 Å². The van der Waals surface area contributed by atoms with Crippen molar-refractivity contribution >= 4 is 5.78 Å². The number of carbonyl (C=O) groups excluding carboxylic acids is 1. The molecule has 0 heterocycles. The van der Waals surface area contributed by atoms with Crippen LogP contribution < -0.4 is 0 Å². The van der Waals surface area contributed by atoms with Gasteiger partial charge in [0, 0.05) is 19.6 Å². The third-order valence-corrected chi connectivity index (χ3v) is 2.50. The van der Waals surface area contributed by atoms with Gasteiger partial charge < -0.3 is 4.74 Å². The summed E-state index contributed by atoms with van der Waals surface area (Å²) in [7, 11) is 1.46. The van der Waals surface area contributed by atoms with Gasteiger partial charge in [-0.25, -0.2) is 8.78 Å². The van der Waals surface area contributed by atoms with Crippen LogP contribution in [0.5, 0.6) is 0 Å². The van der Waals surface area contributed by atoms with Crippen LogP contribution in [0.3, 0.4) is 0 Å². The number of halogens is 2. The lowest BCUT2D eigenvalue weighted by Gasteiger charge is -2.13. The summed E-state index contributed by atoms with van der Waals surface area (Å²) in [5.41, 5.74) is 0.339. The highest BCUT2D eigenvalue weighted by atomic mass is 19.1. The molecule has 94 valence electrons. The summed E-state index contributed by atoms with van der Waals surface area (Å²) in [5.74, 6) is -1.49. The minimum Gasteiger partial charge on any atom is -0.374 e. The topological polar surface area (TPSA) is 26.3 Å². The molecule has 0 aliphatic rings. The van der Waals surface area contributed by atoms with E-state index in [1.807, 2.05) is 6.92 Å². The maximum absolute atomic E-state index is 12.9. The Morgan fingerprint density at radius 3 is 2.35 bits per heavy atom. The monoisotopic (exact) mass is 242 g/mol. The lowest BCUT2D eigenvalue weighted by atomic mass is 10.0. The molecule has 1 atom stereocenters. The number of rotatable bonds is 6. The average molecular weight is 242 g/mol. The Morgan fingerprint density at radius 2 is 1.88 bits per heavy atom. The fourth-order valence-corrected chi connectivity index (χ4v) is 1.70. The van der Waals surface area contributed by atoms with Gasteiger partial charge in [-0.05, 0) is 24.1 Å². The SMILES string of the molecule is CCCC(OC)C(=O)Cc1cc(F)cc(F)c1. The van der Waals surface area contributed by atoms with Gasteiger partial charge in [0.25, 0.3) is 0 Å². The highest BCUT2D eigenvalue weighted by molar-refractivity contribution is 5.85. The second-order valence-corrected chi connectivity index (χ2v) is 3.93. The number of methoxy groups -OCH3 is 1. The van der Waals surface area contributed by atoms with Crippen molar-refractivity contribution in [1.29, 1.82) is 0 Å². The molecule has 1 aromatic carbocycles. The van der Waals surface area contributed by atoms with Gasteiger partial charge in [-0.1, -0.05) is 13.3 Å². The van der Waals surface area contributed by atoms with Gasteiger partial charge in [-0.2, -0.15) is 0 Å². The number of hydrogen-bond acceptors (Lipinski definition) is 2. The van der Waals surface area contributed by atoms with Crippen molar-refractivity contribution in [2.75, 3.05) is 7.11 Å². The first-order valence-corrected chi connectivity index (χ1v) is 5.57. The predicted octanol–water partition coefficient (Wildman–Crippen LogP) is 2.89. The molecule has 0 aliphatic heterocycles. The number of ketones is 1. The zero-order chi connectivity index (χ0) is 12.8. The first-order valence-electron chi connectivity index (χ1n) is 5.57. The predicted molar refractivity (Wildman–Crippen MR) is 60.8 cm³/mol. The third-order valence-electron chi connectivity index (χ3n) is 2.50. The lowest BCUT2D eigenvalue weighted by molar-refractivity contribution is -0.128. The fourth-order valence-electron chi connectivity index (χ4n) is 1.70. The second kappa shape index (κ2) is 6.45. The van der Waals surface area contributed by atoms with Crippen LogP contribution in [-0.4, -0.2) is 19.0 Å². The summed E-state index contributed by atoms with van der Waals surface area (Å²) in [6.45, 7) is 1.95. The summed E-state index contributed by atoms with van der Waals surface area (Å²) in [6, 6.07) is 3.12. The molecule has 0 spiro atoms. The van der Waals surface area contributed by atoms with Gasteiger partial charge in [-0.15, -0.1) is 0 Å². The van der Waals surface area contributed by atoms with Crippen LogP contribution in [0.25, 0.3) is 0 Å². The molecular formula is C13H16F2O2. The molecule has 0 saturated carbocycles. The zero-order valence-electron chi connectivity index (χ0n) is 10.0. The van der Waals surface area contributed by atoms with E-state index in [1.165, 1.54) is 19.2 Å². The van der Waals surface area contributed by atoms with E-state index in [2.05, 4.69) is 0 Å². The van der Waals surface area contributed by atoms with E-state index in [0.717, 1.165) is 12.5 Å². The molecule has 0 bridgehead atoms. The molecule has 0 amide bonds. The number of hydrogen-bond donors (Lipinski definition) is 0. The number of ether oxygens (including phenoxy) is 1. The van der Waals surface area contributed by atoms with Crippen LogP contribution in [0.4, 0.5) is 8.78 Å². The van der Waals surface area contributed by atoms with E-state index in [9.17, 15) is 13.6 Å². The number of benzene rings is 1. The first kappa shape index (κ1) is 13.8. The van der Waals surface area contributed by atoms with Crippen LogP contribution >= 0.6 is 0 Å². The highest BCUT2D eigenvalue weighted by Crippen LogP contribution is 2.12. The normalized spacial score (nSPS) is 12.5. The number of Topliss-reactive ketones (excluding diaryl/α,β-unsaturated/α-hetero) is 1. The van der Waals surface area contributed by atoms with Gasteiger partial charge in [0.1, 0.15) is 17.7 Å². The van der Waals surface area contributed by atoms with Gasteiger partial charge in [0.05, 0.1) is 0 Å². The molecule has 0 saturated heterocycles. The molecule has 0 N–H and O–H groups in total. The molecule has 0 aliphatic carbocycles. The third kappa shape index (κ3) is 4.23. The smallest absolute Gasteiger partial charge is 0.165 e. The largest absolute Gasteiger partial charge is 0.374 e. The second-order valence-electron chi connectivity index (χ2n) is 3.93. The quantitative estimate of drug-likeness (QED) is 0.766. The fraction of sp³-hybridized carbons (Fsp3) is 0.462. The van der Waals surface area contributed by atoms with Crippen LogP contribution in [0.15, 0.2) is 18.2 Å². The summed E-state index contributed by atoms with van der Waals surface area (Å²) in [6.07, 6.45) is 0.938. The summed E-state index contributed by atoms with van der Waals surface area (Å²) in [4.78, 5) is 11.8. The van der Waals surface area contributed by atoms with Gasteiger partial charge in [-0.3, -0.25) is 4.79 Å². The Kier molecular flexibility index (Phi) is 5.22. The highest BCUT2D eigenvalue weighted by Gasteiger charge is 2.17. The molecular weight excluding hydrogens is 226 g/mol. The van der Waals surface area contributed by atoms with E-state index in [0.29, 0.717) is 12.0 Å². The summed E-state index contributed by atoms with van der Waals surface area (Å²) >= 11 is 0. The van der Waals surface area contributed by atoms with Crippen LogP contribution in [0, 0.1) is 11.6 Å². The molecule has 0 aromatic heterocycles. The molecule has 1 rings (SSSR count). The van der Waals surface area contributed by atoms with Gasteiger partial charge >= 0.3 is 0 Å². The lowest BCUT2D eigenvalue weighted by Crippen LogP contribution is -2.24. The Labute approximate surface area is 99.6 Å². The van der Waals surface area contributed by atoms with Crippen LogP contribution in [0.2, 0.25) is 0 Å². The van der Waals surface area contributed by atoms with Crippen molar-refractivity contribution in [1.82, 2.24) is 0 Å². The van der Waals surface area contributed by atoms with Crippen molar-refractivity contribution in [3.05, 3.63) is 35.4 Å². The summed E-state index contributed by atoms with van der Waals surface area (Å²) in [5, 5.41) is 0. The van der Waals surface area contributed by atoms with Crippen molar-refractivity contribution in [3.8, 4) is 0 Å². The van der Waals surface area contributed by atoms with Crippen LogP contribution in [0.1, 0.15) is 25.3 Å². The van der Waals surface area contributed by atoms with E-state index in [4.69, 9.17) is 4.74 Å². The van der Waals surface area contributed by atoms with Crippen molar-refractivity contribution in [2.45, 2.75) is 32.3 Å². The molecule has 4 heteroatoms. The Bertz CT molecular complexity index is 371. The average Bonchev–Trinajstić information content (AvgIpc) is 2.24.